The molecule has 1 aliphatic rings. The number of hydrogen-bond acceptors (Lipinski definition) is 3. The molecule has 1 aromatic rings. The highest BCUT2D eigenvalue weighted by molar-refractivity contribution is 5.94. The number of carboxylic acid groups (broad SMARTS) is 1. The van der Waals surface area contributed by atoms with Gasteiger partial charge in [-0.1, -0.05) is 6.07 Å². The predicted molar refractivity (Wildman–Crippen MR) is 89.7 cm³/mol. The Balaban J connectivity index is 2.08. The van der Waals surface area contributed by atoms with Crippen LogP contribution in [0.1, 0.15) is 42.1 Å². The minimum absolute atomic E-state index is 0.0398. The Kier molecular flexibility index (Phi) is 6.12. The first-order chi connectivity index (χ1) is 11.8. The smallest absolute Gasteiger partial charge is 0.323 e. The van der Waals surface area contributed by atoms with Gasteiger partial charge in [-0.05, 0) is 43.9 Å². The lowest BCUT2D eigenvalue weighted by molar-refractivity contribution is -0.145. The minimum atomic E-state index is -1.06. The van der Waals surface area contributed by atoms with Gasteiger partial charge in [0.05, 0.1) is 5.56 Å². The molecule has 1 unspecified atom stereocenters. The zero-order valence-corrected chi connectivity index (χ0v) is 14.5. The highest BCUT2D eigenvalue weighted by Crippen LogP contribution is 2.20. The van der Waals surface area contributed by atoms with E-state index in [-0.39, 0.29) is 30.0 Å². The van der Waals surface area contributed by atoms with Gasteiger partial charge >= 0.3 is 5.97 Å². The summed E-state index contributed by atoms with van der Waals surface area (Å²) in [6, 6.07) is 4.29. The summed E-state index contributed by atoms with van der Waals surface area (Å²) in [5, 5.41) is 8.98. The highest BCUT2D eigenvalue weighted by Gasteiger charge is 2.28. The van der Waals surface area contributed by atoms with E-state index in [1.54, 1.807) is 17.9 Å². The van der Waals surface area contributed by atoms with Gasteiger partial charge in [0.2, 0.25) is 5.91 Å². The lowest BCUT2D eigenvalue weighted by Crippen LogP contribution is -2.43. The summed E-state index contributed by atoms with van der Waals surface area (Å²) in [7, 11) is 0. The lowest BCUT2D eigenvalue weighted by Gasteiger charge is -2.28. The van der Waals surface area contributed by atoms with Crippen LogP contribution in [0.5, 0.6) is 0 Å². The number of benzene rings is 1. The number of likely N-dealkylation sites (tertiary alicyclic amines) is 1. The van der Waals surface area contributed by atoms with Gasteiger partial charge in [0.1, 0.15) is 12.4 Å². The van der Waals surface area contributed by atoms with Crippen molar-refractivity contribution in [2.24, 2.45) is 0 Å². The van der Waals surface area contributed by atoms with E-state index in [0.29, 0.717) is 32.4 Å². The molecule has 0 saturated carbocycles. The average Bonchev–Trinajstić information content (AvgIpc) is 2.77. The van der Waals surface area contributed by atoms with Crippen LogP contribution in [0, 0.1) is 12.7 Å². The third kappa shape index (κ3) is 4.78. The fourth-order valence-electron chi connectivity index (χ4n) is 3.20. The summed E-state index contributed by atoms with van der Waals surface area (Å²) in [6.07, 6.45) is 1.73. The monoisotopic (exact) mass is 350 g/mol. The van der Waals surface area contributed by atoms with Crippen molar-refractivity contribution in [3.63, 3.8) is 0 Å². The summed E-state index contributed by atoms with van der Waals surface area (Å²) < 4.78 is 14.0. The van der Waals surface area contributed by atoms with Crippen molar-refractivity contribution in [2.45, 2.75) is 39.2 Å². The number of aliphatic carboxylic acids is 1. The first-order valence-electron chi connectivity index (χ1n) is 8.34. The average molecular weight is 350 g/mol. The van der Waals surface area contributed by atoms with Crippen molar-refractivity contribution in [3.05, 3.63) is 35.1 Å². The van der Waals surface area contributed by atoms with Crippen LogP contribution in [0.25, 0.3) is 0 Å². The number of amides is 2. The lowest BCUT2D eigenvalue weighted by atomic mass is 10.1. The number of hydrogen-bond donors (Lipinski definition) is 1. The van der Waals surface area contributed by atoms with Gasteiger partial charge in [-0.15, -0.1) is 0 Å². The quantitative estimate of drug-likeness (QED) is 0.902. The van der Waals surface area contributed by atoms with Gasteiger partial charge in [0, 0.05) is 26.1 Å². The molecule has 2 rings (SSSR count). The first kappa shape index (κ1) is 18.9. The molecule has 1 fully saturated rings. The Morgan fingerprint density at radius 3 is 2.60 bits per heavy atom. The molecule has 1 N–H and O–H groups in total. The molecule has 0 spiro atoms. The van der Waals surface area contributed by atoms with Gasteiger partial charge in [0.25, 0.3) is 5.91 Å². The second kappa shape index (κ2) is 8.09. The van der Waals surface area contributed by atoms with E-state index in [2.05, 4.69) is 0 Å². The highest BCUT2D eigenvalue weighted by atomic mass is 19.1. The summed E-state index contributed by atoms with van der Waals surface area (Å²) in [6.45, 7) is 3.58. The molecule has 1 aliphatic heterocycles. The topological polar surface area (TPSA) is 77.9 Å². The number of aryl methyl sites for hydroxylation is 1. The molecule has 0 aliphatic carbocycles. The molecule has 136 valence electrons. The van der Waals surface area contributed by atoms with Crippen LogP contribution in [0.4, 0.5) is 4.39 Å². The number of nitrogens with zero attached hydrogens (tertiary/aromatic N) is 2. The summed E-state index contributed by atoms with van der Waals surface area (Å²) in [5.41, 5.74) is 0.786. The van der Waals surface area contributed by atoms with Crippen molar-refractivity contribution < 1.29 is 23.9 Å². The molecule has 7 heteroatoms. The Bertz CT molecular complexity index is 677. The van der Waals surface area contributed by atoms with Crippen LogP contribution in [0.15, 0.2) is 18.2 Å². The third-order valence-electron chi connectivity index (χ3n) is 4.49. The van der Waals surface area contributed by atoms with Crippen molar-refractivity contribution >= 4 is 17.8 Å². The van der Waals surface area contributed by atoms with E-state index >= 15 is 0 Å². The molecule has 0 aromatic heterocycles. The maximum atomic E-state index is 14.0. The van der Waals surface area contributed by atoms with Gasteiger partial charge in [0.15, 0.2) is 0 Å². The van der Waals surface area contributed by atoms with Gasteiger partial charge in [-0.2, -0.15) is 0 Å². The first-order valence-corrected chi connectivity index (χ1v) is 8.34. The van der Waals surface area contributed by atoms with Crippen LogP contribution in [0.3, 0.4) is 0 Å². The molecule has 1 atom stereocenters. The van der Waals surface area contributed by atoms with Gasteiger partial charge in [-0.3, -0.25) is 14.4 Å². The Morgan fingerprint density at radius 1 is 1.28 bits per heavy atom. The summed E-state index contributed by atoms with van der Waals surface area (Å²) in [4.78, 5) is 38.2. The molecule has 6 nitrogen and oxygen atoms in total. The van der Waals surface area contributed by atoms with E-state index in [0.717, 1.165) is 5.56 Å². The standard InChI is InChI=1S/C18H23FN2O4/c1-12-5-6-15(16(19)10-12)18(25)20-8-3-4-14(7-9-20)21(13(2)22)11-17(23)24/h5-6,10,14H,3-4,7-9,11H2,1-2H3,(H,23,24). The van der Waals surface area contributed by atoms with Crippen LogP contribution in [-0.4, -0.2) is 58.4 Å². The minimum Gasteiger partial charge on any atom is -0.480 e. The zero-order chi connectivity index (χ0) is 18.6. The largest absolute Gasteiger partial charge is 0.480 e. The van der Waals surface area contributed by atoms with Crippen molar-refractivity contribution in [3.8, 4) is 0 Å². The molecule has 1 heterocycles. The molecule has 25 heavy (non-hydrogen) atoms. The number of halogens is 1. The Hall–Kier alpha value is -2.44. The molecule has 1 saturated heterocycles. The Morgan fingerprint density at radius 2 is 2.00 bits per heavy atom. The van der Waals surface area contributed by atoms with E-state index in [4.69, 9.17) is 5.11 Å². The van der Waals surface area contributed by atoms with E-state index in [1.807, 2.05) is 0 Å². The second-order valence-corrected chi connectivity index (χ2v) is 6.40. The van der Waals surface area contributed by atoms with Gasteiger partial charge in [-0.25, -0.2) is 4.39 Å². The molecular weight excluding hydrogens is 327 g/mol. The molecule has 0 bridgehead atoms. The maximum absolute atomic E-state index is 14.0. The fourth-order valence-corrected chi connectivity index (χ4v) is 3.20. The number of rotatable bonds is 4. The van der Waals surface area contributed by atoms with Crippen molar-refractivity contribution in [1.29, 1.82) is 0 Å². The van der Waals surface area contributed by atoms with E-state index in [9.17, 15) is 18.8 Å². The number of carboxylic acids is 1. The van der Waals surface area contributed by atoms with Crippen molar-refractivity contribution in [1.82, 2.24) is 9.80 Å². The normalized spacial score (nSPS) is 17.7. The van der Waals surface area contributed by atoms with Crippen LogP contribution in [-0.2, 0) is 9.59 Å². The zero-order valence-electron chi connectivity index (χ0n) is 14.5. The van der Waals surface area contributed by atoms with Crippen molar-refractivity contribution in [2.75, 3.05) is 19.6 Å². The summed E-state index contributed by atoms with van der Waals surface area (Å²) in [5.74, 6) is -2.27. The second-order valence-electron chi connectivity index (χ2n) is 6.40. The molecule has 2 amide bonds. The fraction of sp³-hybridized carbons (Fsp3) is 0.500. The van der Waals surface area contributed by atoms with Gasteiger partial charge < -0.3 is 14.9 Å². The maximum Gasteiger partial charge on any atom is 0.323 e. The summed E-state index contributed by atoms with van der Waals surface area (Å²) >= 11 is 0. The van der Waals surface area contributed by atoms with Crippen LogP contribution < -0.4 is 0 Å². The van der Waals surface area contributed by atoms with Crippen LogP contribution >= 0.6 is 0 Å². The van der Waals surface area contributed by atoms with E-state index < -0.39 is 11.8 Å². The molecule has 0 radical (unpaired) electrons. The SMILES string of the molecule is CC(=O)N(CC(=O)O)C1CCCN(C(=O)c2ccc(C)cc2F)CC1. The molecule has 1 aromatic carbocycles. The third-order valence-corrected chi connectivity index (χ3v) is 4.49. The number of carbonyl (C=O) groups excluding carboxylic acids is 2. The van der Waals surface area contributed by atoms with Crippen LogP contribution in [0.2, 0.25) is 0 Å². The number of carbonyl (C=O) groups is 3. The Labute approximate surface area is 146 Å². The van der Waals surface area contributed by atoms with E-state index in [1.165, 1.54) is 24.0 Å². The molecular formula is C18H23FN2O4. The predicted octanol–water partition coefficient (Wildman–Crippen LogP) is 2.06.